The van der Waals surface area contributed by atoms with Crippen molar-refractivity contribution >= 4 is 64.3 Å². The average molecular weight is 589 g/mol. The van der Waals surface area contributed by atoms with Crippen LogP contribution in [0.25, 0.3) is 0 Å². The lowest BCUT2D eigenvalue weighted by atomic mass is 10.1. The van der Waals surface area contributed by atoms with E-state index in [9.17, 15) is 23.2 Å². The normalized spacial score (nSPS) is 12.9. The SMILES string of the molecule is COC(=O)N(C)c1ccc2c(c1)CN(C(=O)c1c(Sc3c(Cl)cccc3Cl)cc(C(F)(F)Cl)[nH]c1=O)C2. The van der Waals surface area contributed by atoms with Crippen molar-refractivity contribution in [2.24, 2.45) is 0 Å². The molecule has 0 fully saturated rings. The summed E-state index contributed by atoms with van der Waals surface area (Å²) in [6.45, 7) is 0.293. The van der Waals surface area contributed by atoms with Gasteiger partial charge in [0.15, 0.2) is 0 Å². The lowest BCUT2D eigenvalue weighted by Crippen LogP contribution is -2.32. The first kappa shape index (κ1) is 27.3. The molecule has 0 atom stereocenters. The second kappa shape index (κ2) is 10.5. The third-order valence-electron chi connectivity index (χ3n) is 5.68. The number of nitrogens with zero attached hydrogens (tertiary/aromatic N) is 2. The zero-order valence-electron chi connectivity index (χ0n) is 19.3. The number of halogens is 5. The van der Waals surface area contributed by atoms with Crippen molar-refractivity contribution in [2.45, 2.75) is 28.3 Å². The smallest absolute Gasteiger partial charge is 0.413 e. The number of pyridine rings is 1. The molecule has 1 aliphatic rings. The number of H-pyrrole nitrogens is 1. The van der Waals surface area contributed by atoms with Gasteiger partial charge in [0.1, 0.15) is 11.3 Å². The molecule has 0 spiro atoms. The van der Waals surface area contributed by atoms with Gasteiger partial charge in [0, 0.05) is 35.6 Å². The van der Waals surface area contributed by atoms with Gasteiger partial charge in [0.05, 0.1) is 17.2 Å². The maximum absolute atomic E-state index is 13.9. The Morgan fingerprint density at radius 1 is 1.11 bits per heavy atom. The summed E-state index contributed by atoms with van der Waals surface area (Å²) in [5, 5.41) is -3.45. The topological polar surface area (TPSA) is 82.7 Å². The van der Waals surface area contributed by atoms with Crippen LogP contribution in [-0.2, 0) is 23.2 Å². The molecule has 1 aliphatic heterocycles. The number of rotatable bonds is 5. The minimum absolute atomic E-state index is 0.0823. The Kier molecular flexibility index (Phi) is 7.75. The fourth-order valence-electron chi connectivity index (χ4n) is 3.80. The van der Waals surface area contributed by atoms with Gasteiger partial charge in [-0.2, -0.15) is 8.78 Å². The molecule has 0 saturated heterocycles. The van der Waals surface area contributed by atoms with Crippen molar-refractivity contribution in [3.8, 4) is 0 Å². The van der Waals surface area contributed by atoms with Crippen LogP contribution in [0.1, 0.15) is 27.2 Å². The molecule has 4 rings (SSSR count). The summed E-state index contributed by atoms with van der Waals surface area (Å²) < 4.78 is 32.6. The number of amides is 2. The van der Waals surface area contributed by atoms with Gasteiger partial charge in [-0.05, 0) is 53.1 Å². The minimum Gasteiger partial charge on any atom is -0.452 e. The number of ether oxygens (including phenoxy) is 1. The predicted octanol–water partition coefficient (Wildman–Crippen LogP) is 6.48. The molecule has 0 saturated carbocycles. The molecule has 2 amide bonds. The van der Waals surface area contributed by atoms with Crippen LogP contribution in [-0.4, -0.2) is 36.0 Å². The van der Waals surface area contributed by atoms with Gasteiger partial charge >= 0.3 is 11.5 Å². The highest BCUT2D eigenvalue weighted by molar-refractivity contribution is 7.99. The molecule has 0 unspecified atom stereocenters. The predicted molar refractivity (Wildman–Crippen MR) is 138 cm³/mol. The minimum atomic E-state index is -3.88. The van der Waals surface area contributed by atoms with Crippen LogP contribution in [0, 0.1) is 0 Å². The van der Waals surface area contributed by atoms with E-state index in [1.807, 2.05) is 4.98 Å². The highest BCUT2D eigenvalue weighted by atomic mass is 35.5. The van der Waals surface area contributed by atoms with E-state index >= 15 is 0 Å². The Balaban J connectivity index is 1.72. The summed E-state index contributed by atoms with van der Waals surface area (Å²) in [6.07, 6.45) is -0.562. The number of fused-ring (bicyclic) bond motifs is 1. The summed E-state index contributed by atoms with van der Waals surface area (Å²) in [4.78, 5) is 43.3. The van der Waals surface area contributed by atoms with Gasteiger partial charge in [-0.25, -0.2) is 4.79 Å². The maximum atomic E-state index is 13.9. The zero-order chi connectivity index (χ0) is 27.1. The first-order chi connectivity index (χ1) is 17.4. The van der Waals surface area contributed by atoms with Crippen molar-refractivity contribution in [3.05, 3.63) is 85.2 Å². The molecule has 37 heavy (non-hydrogen) atoms. The molecule has 13 heteroatoms. The van der Waals surface area contributed by atoms with Crippen molar-refractivity contribution < 1.29 is 23.1 Å². The first-order valence-corrected chi connectivity index (χ1v) is 12.5. The Morgan fingerprint density at radius 3 is 2.38 bits per heavy atom. The first-order valence-electron chi connectivity index (χ1n) is 10.6. The average Bonchev–Trinajstić information content (AvgIpc) is 3.27. The van der Waals surface area contributed by atoms with Gasteiger partial charge < -0.3 is 14.6 Å². The Bertz CT molecular complexity index is 1440. The molecule has 2 heterocycles. The number of anilines is 1. The van der Waals surface area contributed by atoms with E-state index in [2.05, 4.69) is 0 Å². The summed E-state index contributed by atoms with van der Waals surface area (Å²) >= 11 is 18.5. The quantitative estimate of drug-likeness (QED) is 0.345. The third kappa shape index (κ3) is 5.57. The standard InChI is InChI=1S/C24H18Cl3F2N3O4S/c1-31(23(35)36-2)14-7-6-12-10-32(11-13(12)8-14)22(34)19-17(9-18(24(27,28)29)30-21(19)33)37-20-15(25)4-3-5-16(20)26/h3-9H,10-11H2,1-2H3,(H,30,33). The lowest BCUT2D eigenvalue weighted by Gasteiger charge is -2.19. The van der Waals surface area contributed by atoms with Gasteiger partial charge in [0.2, 0.25) is 0 Å². The summed E-state index contributed by atoms with van der Waals surface area (Å²) in [5.74, 6) is -0.685. The van der Waals surface area contributed by atoms with E-state index in [-0.39, 0.29) is 38.5 Å². The van der Waals surface area contributed by atoms with E-state index in [4.69, 9.17) is 39.5 Å². The van der Waals surface area contributed by atoms with E-state index < -0.39 is 28.6 Å². The number of aromatic nitrogens is 1. The highest BCUT2D eigenvalue weighted by Crippen LogP contribution is 2.41. The number of benzene rings is 2. The number of carbonyl (C=O) groups is 2. The molecule has 194 valence electrons. The molecule has 0 aliphatic carbocycles. The Hall–Kier alpha value is -2.79. The fourth-order valence-corrected chi connectivity index (χ4v) is 5.54. The number of methoxy groups -OCH3 is 1. The van der Waals surface area contributed by atoms with Crippen LogP contribution >= 0.6 is 46.6 Å². The van der Waals surface area contributed by atoms with Crippen molar-refractivity contribution in [1.82, 2.24) is 9.88 Å². The van der Waals surface area contributed by atoms with E-state index in [0.717, 1.165) is 29.0 Å². The monoisotopic (exact) mass is 587 g/mol. The van der Waals surface area contributed by atoms with E-state index in [0.29, 0.717) is 5.69 Å². The number of alkyl halides is 3. The number of hydrogen-bond donors (Lipinski definition) is 1. The van der Waals surface area contributed by atoms with Crippen LogP contribution in [0.3, 0.4) is 0 Å². The molecule has 3 aromatic rings. The second-order valence-electron chi connectivity index (χ2n) is 8.05. The van der Waals surface area contributed by atoms with E-state index in [1.54, 1.807) is 43.4 Å². The number of aromatic amines is 1. The maximum Gasteiger partial charge on any atom is 0.413 e. The molecule has 7 nitrogen and oxygen atoms in total. The number of carbonyl (C=O) groups excluding carboxylic acids is 2. The molecule has 2 aromatic carbocycles. The van der Waals surface area contributed by atoms with Gasteiger partial charge in [0.25, 0.3) is 11.5 Å². The van der Waals surface area contributed by atoms with Crippen LogP contribution in [0.5, 0.6) is 0 Å². The van der Waals surface area contributed by atoms with E-state index in [1.165, 1.54) is 16.9 Å². The second-order valence-corrected chi connectivity index (χ2v) is 10.4. The summed E-state index contributed by atoms with van der Waals surface area (Å²) in [6, 6.07) is 10.8. The molecule has 1 aromatic heterocycles. The van der Waals surface area contributed by atoms with Gasteiger partial charge in [-0.1, -0.05) is 47.1 Å². The number of hydrogen-bond acceptors (Lipinski definition) is 5. The van der Waals surface area contributed by atoms with Crippen LogP contribution in [0.4, 0.5) is 19.3 Å². The fraction of sp³-hybridized carbons (Fsp3) is 0.208. The highest BCUT2D eigenvalue weighted by Gasteiger charge is 2.34. The van der Waals surface area contributed by atoms with Gasteiger partial charge in [-0.15, -0.1) is 0 Å². The van der Waals surface area contributed by atoms with Crippen molar-refractivity contribution in [1.29, 1.82) is 0 Å². The van der Waals surface area contributed by atoms with Crippen LogP contribution < -0.4 is 10.5 Å². The molecule has 1 N–H and O–H groups in total. The van der Waals surface area contributed by atoms with Crippen LogP contribution in [0.2, 0.25) is 10.0 Å². The van der Waals surface area contributed by atoms with Crippen molar-refractivity contribution in [2.75, 3.05) is 19.1 Å². The molecular formula is C24H18Cl3F2N3O4S. The lowest BCUT2D eigenvalue weighted by molar-refractivity contribution is 0.0740. The Labute approximate surface area is 229 Å². The van der Waals surface area contributed by atoms with Crippen molar-refractivity contribution in [3.63, 3.8) is 0 Å². The largest absolute Gasteiger partial charge is 0.452 e. The van der Waals surface area contributed by atoms with Gasteiger partial charge in [-0.3, -0.25) is 14.5 Å². The van der Waals surface area contributed by atoms with Crippen LogP contribution in [0.15, 0.2) is 57.1 Å². The summed E-state index contributed by atoms with van der Waals surface area (Å²) in [5.41, 5.74) is -0.150. The molecule has 0 bridgehead atoms. The Morgan fingerprint density at radius 2 is 1.76 bits per heavy atom. The zero-order valence-corrected chi connectivity index (χ0v) is 22.4. The third-order valence-corrected chi connectivity index (χ3v) is 7.93. The number of nitrogens with one attached hydrogen (secondary N) is 1. The summed E-state index contributed by atoms with van der Waals surface area (Å²) in [7, 11) is 2.81. The molecule has 0 radical (unpaired) electrons. The molecular weight excluding hydrogens is 571 g/mol.